The van der Waals surface area contributed by atoms with E-state index in [9.17, 15) is 8.42 Å². The highest BCUT2D eigenvalue weighted by atomic mass is 32.2. The molecule has 0 amide bonds. The van der Waals surface area contributed by atoms with Crippen LogP contribution in [-0.4, -0.2) is 26.1 Å². The quantitative estimate of drug-likeness (QED) is 0.616. The molecular weight excluding hydrogens is 214 g/mol. The first-order valence-corrected chi connectivity index (χ1v) is 6.32. The average molecular weight is 225 g/mol. The first-order valence-electron chi connectivity index (χ1n) is 4.91. The van der Waals surface area contributed by atoms with E-state index in [0.29, 0.717) is 0 Å². The van der Waals surface area contributed by atoms with Crippen LogP contribution in [-0.2, 0) is 20.8 Å². The van der Waals surface area contributed by atoms with Crippen molar-refractivity contribution < 1.29 is 12.6 Å². The minimum Gasteiger partial charge on any atom is -0.273 e. The van der Waals surface area contributed by atoms with Gasteiger partial charge in [-0.05, 0) is 17.7 Å². The molecule has 0 saturated carbocycles. The van der Waals surface area contributed by atoms with E-state index in [1.807, 2.05) is 11.0 Å². The van der Waals surface area contributed by atoms with Gasteiger partial charge in [0.15, 0.2) is 0 Å². The smallest absolute Gasteiger partial charge is 0.273 e. The van der Waals surface area contributed by atoms with Crippen LogP contribution in [0.1, 0.15) is 12.0 Å². The summed E-state index contributed by atoms with van der Waals surface area (Å²) >= 11 is 0. The number of benzene rings is 1. The van der Waals surface area contributed by atoms with Crippen molar-refractivity contribution in [3.05, 3.63) is 29.8 Å². The highest BCUT2D eigenvalue weighted by Gasteiger charge is 2.35. The lowest BCUT2D eigenvalue weighted by Gasteiger charge is -2.40. The van der Waals surface area contributed by atoms with Crippen LogP contribution in [0.4, 0.5) is 0 Å². The Morgan fingerprint density at radius 1 is 1.40 bits per heavy atom. The molecule has 1 aromatic rings. The van der Waals surface area contributed by atoms with Gasteiger partial charge in [0.1, 0.15) is 6.23 Å². The summed E-state index contributed by atoms with van der Waals surface area (Å²) in [5, 5.41) is 0. The van der Waals surface area contributed by atoms with Crippen molar-refractivity contribution in [2.75, 3.05) is 6.54 Å². The van der Waals surface area contributed by atoms with Gasteiger partial charge >= 0.3 is 0 Å². The molecule has 1 saturated heterocycles. The number of nitrogens with zero attached hydrogens (tertiary/aromatic N) is 1. The lowest BCUT2D eigenvalue weighted by Crippen LogP contribution is -2.50. The van der Waals surface area contributed by atoms with Crippen LogP contribution < -0.4 is 0 Å². The molecule has 1 unspecified atom stereocenters. The Kier molecular flexibility index (Phi) is 1.89. The molecule has 2 heterocycles. The van der Waals surface area contributed by atoms with E-state index in [2.05, 4.69) is 0 Å². The molecule has 5 heteroatoms. The molecule has 0 radical (unpaired) electrons. The monoisotopic (exact) mass is 225 g/mol. The number of hydrogen-bond acceptors (Lipinski definition) is 4. The molecule has 80 valence electrons. The van der Waals surface area contributed by atoms with Gasteiger partial charge in [0, 0.05) is 19.5 Å². The maximum absolute atomic E-state index is 11.8. The molecule has 2 bridgehead atoms. The lowest BCUT2D eigenvalue weighted by atomic mass is 10.1. The van der Waals surface area contributed by atoms with Gasteiger partial charge in [0.2, 0.25) is 0 Å². The van der Waals surface area contributed by atoms with E-state index >= 15 is 0 Å². The largest absolute Gasteiger partial charge is 0.298 e. The maximum Gasteiger partial charge on any atom is 0.298 e. The summed E-state index contributed by atoms with van der Waals surface area (Å²) in [4.78, 5) is 2.29. The summed E-state index contributed by atoms with van der Waals surface area (Å²) < 4.78 is 28.6. The average Bonchev–Trinajstić information content (AvgIpc) is 2.21. The van der Waals surface area contributed by atoms with Crippen LogP contribution in [0.2, 0.25) is 0 Å². The Bertz CT molecular complexity index is 497. The summed E-state index contributed by atoms with van der Waals surface area (Å²) in [7, 11) is -3.55. The third-order valence-corrected chi connectivity index (χ3v) is 4.19. The van der Waals surface area contributed by atoms with Gasteiger partial charge in [0.05, 0.1) is 4.90 Å². The van der Waals surface area contributed by atoms with Gasteiger partial charge in [-0.3, -0.25) is 4.90 Å². The van der Waals surface area contributed by atoms with Crippen molar-refractivity contribution in [2.24, 2.45) is 0 Å². The molecule has 15 heavy (non-hydrogen) atoms. The fourth-order valence-corrected chi connectivity index (χ4v) is 3.11. The standard InChI is InChI=1S/C10H11NO3S/c12-15(13)9-3-1-2-8(6-9)7-11-5-4-10(11)14-15/h1-3,6,10H,4-5,7H2. The van der Waals surface area contributed by atoms with Crippen molar-refractivity contribution in [2.45, 2.75) is 24.1 Å². The van der Waals surface area contributed by atoms with E-state index in [4.69, 9.17) is 4.18 Å². The zero-order valence-electron chi connectivity index (χ0n) is 8.09. The fraction of sp³-hybridized carbons (Fsp3) is 0.400. The van der Waals surface area contributed by atoms with Crippen LogP contribution in [0, 0.1) is 0 Å². The molecule has 0 N–H and O–H groups in total. The van der Waals surface area contributed by atoms with Crippen LogP contribution >= 0.6 is 0 Å². The molecule has 0 aliphatic carbocycles. The zero-order valence-corrected chi connectivity index (χ0v) is 8.90. The van der Waals surface area contributed by atoms with Crippen molar-refractivity contribution in [3.8, 4) is 0 Å². The summed E-state index contributed by atoms with van der Waals surface area (Å²) in [5.41, 5.74) is 1.03. The second kappa shape index (κ2) is 3.04. The molecule has 1 atom stereocenters. The summed E-state index contributed by atoms with van der Waals surface area (Å²) in [6, 6.07) is 6.96. The number of hydrogen-bond donors (Lipinski definition) is 0. The van der Waals surface area contributed by atoms with Crippen molar-refractivity contribution in [1.29, 1.82) is 0 Å². The zero-order chi connectivity index (χ0) is 10.5. The third kappa shape index (κ3) is 1.47. The molecule has 2 aliphatic rings. The van der Waals surface area contributed by atoms with Crippen LogP contribution in [0.3, 0.4) is 0 Å². The van der Waals surface area contributed by atoms with Gasteiger partial charge in [-0.1, -0.05) is 12.1 Å². The first-order chi connectivity index (χ1) is 7.15. The normalized spacial score (nSPS) is 28.4. The highest BCUT2D eigenvalue weighted by molar-refractivity contribution is 7.86. The van der Waals surface area contributed by atoms with Gasteiger partial charge in [-0.2, -0.15) is 8.42 Å². The van der Waals surface area contributed by atoms with Gasteiger partial charge in [0.25, 0.3) is 10.1 Å². The first kappa shape index (κ1) is 9.33. The second-order valence-corrected chi connectivity index (χ2v) is 5.48. The molecule has 0 aromatic heterocycles. The van der Waals surface area contributed by atoms with E-state index in [1.165, 1.54) is 0 Å². The Morgan fingerprint density at radius 3 is 3.00 bits per heavy atom. The molecule has 1 aromatic carbocycles. The van der Waals surface area contributed by atoms with Crippen LogP contribution in [0.15, 0.2) is 29.2 Å². The third-order valence-electron chi connectivity index (χ3n) is 2.88. The molecule has 2 aliphatic heterocycles. The topological polar surface area (TPSA) is 46.6 Å². The second-order valence-electron chi connectivity index (χ2n) is 3.91. The summed E-state index contributed by atoms with van der Waals surface area (Å²) in [6.45, 7) is 1.68. The van der Waals surface area contributed by atoms with Gasteiger partial charge in [-0.15, -0.1) is 0 Å². The molecule has 4 nitrogen and oxygen atoms in total. The minimum atomic E-state index is -3.55. The van der Waals surface area contributed by atoms with Crippen molar-refractivity contribution in [3.63, 3.8) is 0 Å². The van der Waals surface area contributed by atoms with Crippen LogP contribution in [0.5, 0.6) is 0 Å². The van der Waals surface area contributed by atoms with Crippen molar-refractivity contribution in [1.82, 2.24) is 4.90 Å². The van der Waals surface area contributed by atoms with Crippen LogP contribution in [0.25, 0.3) is 0 Å². The highest BCUT2D eigenvalue weighted by Crippen LogP contribution is 2.29. The Labute approximate surface area is 88.6 Å². The number of fused-ring (bicyclic) bond motifs is 3. The predicted octanol–water partition coefficient (Wildman–Crippen LogP) is 0.937. The molecule has 1 fully saturated rings. The maximum atomic E-state index is 11.8. The van der Waals surface area contributed by atoms with E-state index in [-0.39, 0.29) is 11.1 Å². The molecule has 0 spiro atoms. The lowest BCUT2D eigenvalue weighted by molar-refractivity contribution is -0.0574. The minimum absolute atomic E-state index is 0.256. The predicted molar refractivity (Wildman–Crippen MR) is 53.5 cm³/mol. The van der Waals surface area contributed by atoms with Crippen molar-refractivity contribution >= 4 is 10.1 Å². The van der Waals surface area contributed by atoms with E-state index in [1.54, 1.807) is 18.2 Å². The molecular formula is C10H11NO3S. The fourth-order valence-electron chi connectivity index (χ4n) is 1.94. The van der Waals surface area contributed by atoms with Gasteiger partial charge in [-0.25, -0.2) is 4.18 Å². The SMILES string of the molecule is O=S1(=O)OC2CCN2Cc2cccc1c2. The van der Waals surface area contributed by atoms with E-state index < -0.39 is 10.1 Å². The van der Waals surface area contributed by atoms with Gasteiger partial charge < -0.3 is 0 Å². The van der Waals surface area contributed by atoms with E-state index in [0.717, 1.165) is 25.1 Å². The number of rotatable bonds is 0. The summed E-state index contributed by atoms with van der Waals surface area (Å²) in [6.07, 6.45) is 0.539. The Hall–Kier alpha value is -0.910. The Morgan fingerprint density at radius 2 is 2.27 bits per heavy atom. The molecule has 3 rings (SSSR count). The Balaban J connectivity index is 2.12. The summed E-state index contributed by atoms with van der Waals surface area (Å²) in [5.74, 6) is 0.